The summed E-state index contributed by atoms with van der Waals surface area (Å²) >= 11 is 1.66. The lowest BCUT2D eigenvalue weighted by atomic mass is 10.1. The Hall–Kier alpha value is -1.03. The van der Waals surface area contributed by atoms with E-state index >= 15 is 0 Å². The zero-order chi connectivity index (χ0) is 12.0. The molecule has 0 radical (unpaired) electrons. The van der Waals surface area contributed by atoms with E-state index < -0.39 is 0 Å². The number of benzene rings is 1. The first-order chi connectivity index (χ1) is 7.56. The van der Waals surface area contributed by atoms with Crippen molar-refractivity contribution in [2.75, 3.05) is 6.54 Å². The second-order valence-corrected chi connectivity index (χ2v) is 5.63. The maximum absolute atomic E-state index is 10.6. The van der Waals surface area contributed by atoms with Crippen molar-refractivity contribution in [3.63, 3.8) is 0 Å². The van der Waals surface area contributed by atoms with Gasteiger partial charge in [-0.05, 0) is 18.9 Å². The van der Waals surface area contributed by atoms with Crippen molar-refractivity contribution < 1.29 is 4.92 Å². The van der Waals surface area contributed by atoms with E-state index in [-0.39, 0.29) is 16.2 Å². The quantitative estimate of drug-likeness (QED) is 0.564. The average Bonchev–Trinajstić information content (AvgIpc) is 2.27. The fourth-order valence-corrected chi connectivity index (χ4v) is 2.47. The van der Waals surface area contributed by atoms with E-state index in [0.29, 0.717) is 0 Å². The second-order valence-electron chi connectivity index (χ2n) is 4.07. The summed E-state index contributed by atoms with van der Waals surface area (Å²) in [4.78, 5) is 10.4. The van der Waals surface area contributed by atoms with Gasteiger partial charge in [0.2, 0.25) is 6.54 Å². The van der Waals surface area contributed by atoms with Crippen LogP contribution in [0.1, 0.15) is 25.8 Å². The smallest absolute Gasteiger partial charge is 0.218 e. The standard InChI is InChI=1S/C12H17NO2S/c1-3-12(2,10-13(14)15)16-9-11-7-5-4-6-8-11/h4-8H,3,9-10H2,1-2H3. The van der Waals surface area contributed by atoms with Gasteiger partial charge >= 0.3 is 0 Å². The van der Waals surface area contributed by atoms with Gasteiger partial charge in [0.15, 0.2) is 0 Å². The molecular formula is C12H17NO2S. The van der Waals surface area contributed by atoms with Crippen molar-refractivity contribution >= 4 is 11.8 Å². The van der Waals surface area contributed by atoms with Crippen LogP contribution in [0.15, 0.2) is 30.3 Å². The van der Waals surface area contributed by atoms with Crippen molar-refractivity contribution in [3.8, 4) is 0 Å². The number of nitro groups is 1. The molecule has 4 heteroatoms. The van der Waals surface area contributed by atoms with Gasteiger partial charge in [-0.25, -0.2) is 0 Å². The highest BCUT2D eigenvalue weighted by atomic mass is 32.2. The van der Waals surface area contributed by atoms with Gasteiger partial charge in [-0.15, -0.1) is 11.8 Å². The molecule has 1 rings (SSSR count). The lowest BCUT2D eigenvalue weighted by Gasteiger charge is -2.22. The van der Waals surface area contributed by atoms with Crippen LogP contribution in [0.2, 0.25) is 0 Å². The first-order valence-corrected chi connectivity index (χ1v) is 6.34. The van der Waals surface area contributed by atoms with Gasteiger partial charge in [-0.3, -0.25) is 10.1 Å². The molecule has 0 saturated heterocycles. The third-order valence-corrected chi connectivity index (χ3v) is 4.23. The summed E-state index contributed by atoms with van der Waals surface area (Å²) in [6, 6.07) is 10.1. The molecule has 0 bridgehead atoms. The zero-order valence-electron chi connectivity index (χ0n) is 9.68. The molecule has 1 unspecified atom stereocenters. The van der Waals surface area contributed by atoms with E-state index in [0.717, 1.165) is 12.2 Å². The van der Waals surface area contributed by atoms with Crippen LogP contribution in [-0.2, 0) is 5.75 Å². The Bertz CT molecular complexity index is 342. The van der Waals surface area contributed by atoms with Crippen LogP contribution in [0.25, 0.3) is 0 Å². The minimum absolute atomic E-state index is 0.0288. The minimum atomic E-state index is -0.265. The zero-order valence-corrected chi connectivity index (χ0v) is 10.5. The normalized spacial score (nSPS) is 14.4. The SMILES string of the molecule is CCC(C)(C[N+](=O)[O-])SCc1ccccc1. The molecule has 0 N–H and O–H groups in total. The Morgan fingerprint density at radius 3 is 2.50 bits per heavy atom. The molecule has 0 fully saturated rings. The molecule has 0 spiro atoms. The molecule has 88 valence electrons. The fourth-order valence-electron chi connectivity index (χ4n) is 1.36. The summed E-state index contributed by atoms with van der Waals surface area (Å²) < 4.78 is -0.265. The van der Waals surface area contributed by atoms with Gasteiger partial charge in [-0.1, -0.05) is 37.3 Å². The predicted molar refractivity (Wildman–Crippen MR) is 68.3 cm³/mol. The molecule has 0 aliphatic carbocycles. The predicted octanol–water partition coefficient (Wildman–Crippen LogP) is 3.37. The van der Waals surface area contributed by atoms with Crippen molar-refractivity contribution in [2.45, 2.75) is 30.8 Å². The first kappa shape index (κ1) is 13.0. The van der Waals surface area contributed by atoms with E-state index in [1.807, 2.05) is 32.0 Å². The topological polar surface area (TPSA) is 43.1 Å². The van der Waals surface area contributed by atoms with E-state index in [2.05, 4.69) is 12.1 Å². The average molecular weight is 239 g/mol. The molecule has 0 aromatic heterocycles. The Balaban J connectivity index is 2.54. The van der Waals surface area contributed by atoms with Crippen LogP contribution in [0.4, 0.5) is 0 Å². The third-order valence-electron chi connectivity index (χ3n) is 2.64. The lowest BCUT2D eigenvalue weighted by Crippen LogP contribution is -2.29. The highest BCUT2D eigenvalue weighted by molar-refractivity contribution is 7.99. The van der Waals surface area contributed by atoms with Crippen LogP contribution >= 0.6 is 11.8 Å². The van der Waals surface area contributed by atoms with Crippen molar-refractivity contribution in [2.24, 2.45) is 0 Å². The minimum Gasteiger partial charge on any atom is -0.264 e. The molecule has 1 aromatic rings. The number of nitrogens with zero attached hydrogens (tertiary/aromatic N) is 1. The van der Waals surface area contributed by atoms with Crippen LogP contribution in [0.3, 0.4) is 0 Å². The number of hydrogen-bond acceptors (Lipinski definition) is 3. The van der Waals surface area contributed by atoms with Crippen molar-refractivity contribution in [3.05, 3.63) is 46.0 Å². The van der Waals surface area contributed by atoms with Crippen LogP contribution in [0.5, 0.6) is 0 Å². The third kappa shape index (κ3) is 4.23. The summed E-state index contributed by atoms with van der Waals surface area (Å²) in [6.07, 6.45) is 0.811. The number of thioether (sulfide) groups is 1. The summed E-state index contributed by atoms with van der Waals surface area (Å²) in [5.74, 6) is 0.832. The van der Waals surface area contributed by atoms with Crippen molar-refractivity contribution in [1.29, 1.82) is 0 Å². The van der Waals surface area contributed by atoms with Gasteiger partial charge in [0.25, 0.3) is 0 Å². The largest absolute Gasteiger partial charge is 0.264 e. The van der Waals surface area contributed by atoms with Gasteiger partial charge in [0.1, 0.15) is 0 Å². The molecule has 1 atom stereocenters. The van der Waals surface area contributed by atoms with E-state index in [9.17, 15) is 10.1 Å². The van der Waals surface area contributed by atoms with Gasteiger partial charge in [0.05, 0.1) is 4.75 Å². The Labute approximate surface area is 100 Å². The molecule has 16 heavy (non-hydrogen) atoms. The van der Waals surface area contributed by atoms with Gasteiger partial charge in [0, 0.05) is 10.7 Å². The summed E-state index contributed by atoms with van der Waals surface area (Å²) in [7, 11) is 0. The molecule has 0 heterocycles. The Morgan fingerprint density at radius 1 is 1.38 bits per heavy atom. The van der Waals surface area contributed by atoms with E-state index in [1.165, 1.54) is 5.56 Å². The maximum atomic E-state index is 10.6. The van der Waals surface area contributed by atoms with E-state index in [1.54, 1.807) is 11.8 Å². The van der Waals surface area contributed by atoms with Gasteiger partial charge < -0.3 is 0 Å². The highest BCUT2D eigenvalue weighted by Crippen LogP contribution is 2.31. The lowest BCUT2D eigenvalue weighted by molar-refractivity contribution is -0.484. The summed E-state index contributed by atoms with van der Waals surface area (Å²) in [5, 5.41) is 10.6. The first-order valence-electron chi connectivity index (χ1n) is 5.35. The molecule has 0 aliphatic heterocycles. The van der Waals surface area contributed by atoms with Crippen LogP contribution in [0, 0.1) is 10.1 Å². The Kier molecular flexibility index (Phi) is 4.80. The molecule has 1 aromatic carbocycles. The Morgan fingerprint density at radius 2 is 2.00 bits per heavy atom. The van der Waals surface area contributed by atoms with Crippen LogP contribution < -0.4 is 0 Å². The highest BCUT2D eigenvalue weighted by Gasteiger charge is 2.28. The van der Waals surface area contributed by atoms with Crippen LogP contribution in [-0.4, -0.2) is 16.2 Å². The molecule has 0 aliphatic rings. The van der Waals surface area contributed by atoms with Crippen molar-refractivity contribution in [1.82, 2.24) is 0 Å². The maximum Gasteiger partial charge on any atom is 0.218 e. The molecule has 0 saturated carbocycles. The summed E-state index contributed by atoms with van der Waals surface area (Å²) in [6.45, 7) is 3.99. The molecule has 0 amide bonds. The van der Waals surface area contributed by atoms with Gasteiger partial charge in [-0.2, -0.15) is 0 Å². The molecular weight excluding hydrogens is 222 g/mol. The number of rotatable bonds is 6. The second kappa shape index (κ2) is 5.89. The fraction of sp³-hybridized carbons (Fsp3) is 0.500. The molecule has 3 nitrogen and oxygen atoms in total. The summed E-state index contributed by atoms with van der Waals surface area (Å²) in [5.41, 5.74) is 1.22. The number of hydrogen-bond donors (Lipinski definition) is 0. The monoisotopic (exact) mass is 239 g/mol. The van der Waals surface area contributed by atoms with E-state index in [4.69, 9.17) is 0 Å².